The van der Waals surface area contributed by atoms with Crippen molar-refractivity contribution in [3.05, 3.63) is 33.8 Å². The standard InChI is InChI=1S/C12H15BrClN5O/c1-2-18-8-10(13)11(17-18)12(20)15-4-3-5-19-7-9(14)6-16-19/h6-8H,2-5H2,1H3,(H,15,20). The van der Waals surface area contributed by atoms with Gasteiger partial charge in [0.05, 0.1) is 15.7 Å². The van der Waals surface area contributed by atoms with Gasteiger partial charge in [-0.15, -0.1) is 0 Å². The van der Waals surface area contributed by atoms with Crippen LogP contribution in [0, 0.1) is 0 Å². The van der Waals surface area contributed by atoms with E-state index in [-0.39, 0.29) is 5.91 Å². The maximum Gasteiger partial charge on any atom is 0.272 e. The minimum Gasteiger partial charge on any atom is -0.351 e. The number of rotatable bonds is 6. The molecule has 0 radical (unpaired) electrons. The molecular weight excluding hydrogens is 346 g/mol. The number of aromatic nitrogens is 4. The fraction of sp³-hybridized carbons (Fsp3) is 0.417. The van der Waals surface area contributed by atoms with Gasteiger partial charge in [0.1, 0.15) is 0 Å². The van der Waals surface area contributed by atoms with E-state index in [1.54, 1.807) is 28.0 Å². The van der Waals surface area contributed by atoms with Crippen LogP contribution in [0.3, 0.4) is 0 Å². The van der Waals surface area contributed by atoms with Gasteiger partial charge >= 0.3 is 0 Å². The summed E-state index contributed by atoms with van der Waals surface area (Å²) in [5.74, 6) is -0.178. The van der Waals surface area contributed by atoms with E-state index in [4.69, 9.17) is 11.6 Å². The lowest BCUT2D eigenvalue weighted by molar-refractivity contribution is 0.0946. The van der Waals surface area contributed by atoms with Crippen molar-refractivity contribution in [2.75, 3.05) is 6.54 Å². The summed E-state index contributed by atoms with van der Waals surface area (Å²) in [4.78, 5) is 11.9. The number of nitrogens with zero attached hydrogens (tertiary/aromatic N) is 4. The Morgan fingerprint density at radius 2 is 2.25 bits per heavy atom. The minimum atomic E-state index is -0.178. The maximum atomic E-state index is 11.9. The van der Waals surface area contributed by atoms with E-state index < -0.39 is 0 Å². The van der Waals surface area contributed by atoms with Crippen molar-refractivity contribution >= 4 is 33.4 Å². The molecule has 2 aromatic heterocycles. The van der Waals surface area contributed by atoms with Gasteiger partial charge in [-0.2, -0.15) is 10.2 Å². The first kappa shape index (κ1) is 15.1. The zero-order valence-electron chi connectivity index (χ0n) is 11.0. The summed E-state index contributed by atoms with van der Waals surface area (Å²) in [6, 6.07) is 0. The van der Waals surface area contributed by atoms with Crippen LogP contribution in [-0.2, 0) is 13.1 Å². The van der Waals surface area contributed by atoms with E-state index in [9.17, 15) is 4.79 Å². The van der Waals surface area contributed by atoms with Crippen molar-refractivity contribution in [2.24, 2.45) is 0 Å². The average Bonchev–Trinajstić information content (AvgIpc) is 3.00. The van der Waals surface area contributed by atoms with Gasteiger partial charge in [0, 0.05) is 32.0 Å². The summed E-state index contributed by atoms with van der Waals surface area (Å²) in [6.45, 7) is 3.96. The highest BCUT2D eigenvalue weighted by Crippen LogP contribution is 2.14. The molecule has 0 unspecified atom stereocenters. The third kappa shape index (κ3) is 3.83. The third-order valence-corrected chi connectivity index (χ3v) is 3.48. The van der Waals surface area contributed by atoms with E-state index in [1.165, 1.54) is 0 Å². The molecule has 20 heavy (non-hydrogen) atoms. The second kappa shape index (κ2) is 6.90. The fourth-order valence-electron chi connectivity index (χ4n) is 1.70. The summed E-state index contributed by atoms with van der Waals surface area (Å²) in [5, 5.41) is 11.7. The number of aryl methyl sites for hydroxylation is 2. The van der Waals surface area contributed by atoms with Crippen molar-refractivity contribution in [2.45, 2.75) is 26.4 Å². The number of carbonyl (C=O) groups excluding carboxylic acids is 1. The van der Waals surface area contributed by atoms with Crippen molar-refractivity contribution in [1.82, 2.24) is 24.9 Å². The molecule has 0 saturated carbocycles. The second-order valence-corrected chi connectivity index (χ2v) is 5.50. The number of carbonyl (C=O) groups is 1. The Balaban J connectivity index is 1.78. The fourth-order valence-corrected chi connectivity index (χ4v) is 2.35. The van der Waals surface area contributed by atoms with Crippen LogP contribution in [0.2, 0.25) is 5.02 Å². The van der Waals surface area contributed by atoms with Crippen LogP contribution in [0.4, 0.5) is 0 Å². The first-order valence-electron chi connectivity index (χ1n) is 6.29. The molecule has 2 aromatic rings. The summed E-state index contributed by atoms with van der Waals surface area (Å²) >= 11 is 9.10. The Labute approximate surface area is 130 Å². The Morgan fingerprint density at radius 3 is 2.85 bits per heavy atom. The predicted molar refractivity (Wildman–Crippen MR) is 79.8 cm³/mol. The molecule has 0 aliphatic carbocycles. The molecule has 0 saturated heterocycles. The molecule has 6 nitrogen and oxygen atoms in total. The molecule has 2 heterocycles. The Morgan fingerprint density at radius 1 is 1.45 bits per heavy atom. The molecule has 0 spiro atoms. The van der Waals surface area contributed by atoms with Crippen LogP contribution in [0.1, 0.15) is 23.8 Å². The first-order chi connectivity index (χ1) is 9.60. The molecule has 1 amide bonds. The Hall–Kier alpha value is -1.34. The van der Waals surface area contributed by atoms with Gasteiger partial charge in [-0.1, -0.05) is 11.6 Å². The van der Waals surface area contributed by atoms with Gasteiger partial charge in [-0.05, 0) is 29.3 Å². The van der Waals surface area contributed by atoms with Gasteiger partial charge in [0.15, 0.2) is 5.69 Å². The molecule has 0 bridgehead atoms. The number of amides is 1. The predicted octanol–water partition coefficient (Wildman–Crippen LogP) is 2.34. The number of hydrogen-bond donors (Lipinski definition) is 1. The van der Waals surface area contributed by atoms with E-state index in [2.05, 4.69) is 31.4 Å². The van der Waals surface area contributed by atoms with E-state index in [0.717, 1.165) is 13.0 Å². The molecule has 0 aromatic carbocycles. The number of hydrogen-bond acceptors (Lipinski definition) is 3. The van der Waals surface area contributed by atoms with Crippen LogP contribution in [-0.4, -0.2) is 32.0 Å². The van der Waals surface area contributed by atoms with Gasteiger partial charge in [0.25, 0.3) is 5.91 Å². The molecule has 0 aliphatic rings. The van der Waals surface area contributed by atoms with Crippen molar-refractivity contribution in [3.8, 4) is 0 Å². The highest BCUT2D eigenvalue weighted by molar-refractivity contribution is 9.10. The smallest absolute Gasteiger partial charge is 0.272 e. The first-order valence-corrected chi connectivity index (χ1v) is 7.46. The highest BCUT2D eigenvalue weighted by atomic mass is 79.9. The maximum absolute atomic E-state index is 11.9. The van der Waals surface area contributed by atoms with Crippen LogP contribution in [0.25, 0.3) is 0 Å². The average molecular weight is 361 g/mol. The molecule has 0 atom stereocenters. The molecule has 2 rings (SSSR count). The summed E-state index contributed by atoms with van der Waals surface area (Å²) in [5.41, 5.74) is 0.411. The van der Waals surface area contributed by atoms with Crippen molar-refractivity contribution < 1.29 is 4.79 Å². The highest BCUT2D eigenvalue weighted by Gasteiger charge is 2.14. The minimum absolute atomic E-state index is 0.178. The van der Waals surface area contributed by atoms with Gasteiger partial charge < -0.3 is 5.32 Å². The van der Waals surface area contributed by atoms with E-state index >= 15 is 0 Å². The Kier molecular flexibility index (Phi) is 5.19. The summed E-state index contributed by atoms with van der Waals surface area (Å²) < 4.78 is 4.16. The lowest BCUT2D eigenvalue weighted by Crippen LogP contribution is -2.26. The zero-order valence-corrected chi connectivity index (χ0v) is 13.4. The largest absolute Gasteiger partial charge is 0.351 e. The Bertz CT molecular complexity index is 594. The van der Waals surface area contributed by atoms with Crippen LogP contribution >= 0.6 is 27.5 Å². The molecule has 0 aliphatic heterocycles. The van der Waals surface area contributed by atoms with Crippen molar-refractivity contribution in [1.29, 1.82) is 0 Å². The third-order valence-electron chi connectivity index (χ3n) is 2.71. The normalized spacial score (nSPS) is 10.8. The molecule has 108 valence electrons. The van der Waals surface area contributed by atoms with Crippen LogP contribution in [0.5, 0.6) is 0 Å². The van der Waals surface area contributed by atoms with Crippen LogP contribution < -0.4 is 5.32 Å². The lowest BCUT2D eigenvalue weighted by Gasteiger charge is -2.04. The second-order valence-electron chi connectivity index (χ2n) is 4.21. The van der Waals surface area contributed by atoms with Crippen LogP contribution in [0.15, 0.2) is 23.1 Å². The zero-order chi connectivity index (χ0) is 14.5. The van der Waals surface area contributed by atoms with E-state index in [0.29, 0.717) is 28.3 Å². The number of halogens is 2. The summed E-state index contributed by atoms with van der Waals surface area (Å²) in [7, 11) is 0. The molecule has 8 heteroatoms. The van der Waals surface area contributed by atoms with Gasteiger partial charge in [-0.25, -0.2) is 0 Å². The number of nitrogens with one attached hydrogen (secondary N) is 1. The van der Waals surface area contributed by atoms with Gasteiger partial charge in [-0.3, -0.25) is 14.2 Å². The van der Waals surface area contributed by atoms with E-state index in [1.807, 2.05) is 6.92 Å². The summed E-state index contributed by atoms with van der Waals surface area (Å²) in [6.07, 6.45) is 5.91. The molecule has 0 fully saturated rings. The quantitative estimate of drug-likeness (QED) is 0.804. The SMILES string of the molecule is CCn1cc(Br)c(C(=O)NCCCn2cc(Cl)cn2)n1. The molecule has 1 N–H and O–H groups in total. The van der Waals surface area contributed by atoms with Crippen molar-refractivity contribution in [3.63, 3.8) is 0 Å². The lowest BCUT2D eigenvalue weighted by atomic mass is 10.3. The topological polar surface area (TPSA) is 64.7 Å². The van der Waals surface area contributed by atoms with Gasteiger partial charge in [0.2, 0.25) is 0 Å². The molecular formula is C12H15BrClN5O. The monoisotopic (exact) mass is 359 g/mol.